The van der Waals surface area contributed by atoms with Crippen molar-refractivity contribution in [1.29, 1.82) is 0 Å². The highest BCUT2D eigenvalue weighted by molar-refractivity contribution is 7.80. The summed E-state index contributed by atoms with van der Waals surface area (Å²) in [7, 11) is 0. The Morgan fingerprint density at radius 2 is 1.86 bits per heavy atom. The van der Waals surface area contributed by atoms with Gasteiger partial charge >= 0.3 is 0 Å². The summed E-state index contributed by atoms with van der Waals surface area (Å²) in [6, 6.07) is 10.3. The maximum atomic E-state index is 5.91. The van der Waals surface area contributed by atoms with Crippen LogP contribution < -0.4 is 10.6 Å². The third-order valence-electron chi connectivity index (χ3n) is 3.58. The second-order valence-electron chi connectivity index (χ2n) is 4.97. The van der Waals surface area contributed by atoms with Gasteiger partial charge in [0.05, 0.1) is 11.3 Å². The molecule has 0 bridgehead atoms. The Kier molecular flexibility index (Phi) is 4.85. The lowest BCUT2D eigenvalue weighted by Gasteiger charge is -2.25. The van der Waals surface area contributed by atoms with Gasteiger partial charge in [-0.2, -0.15) is 5.10 Å². The molecule has 4 nitrogen and oxygen atoms in total. The minimum atomic E-state index is 0.368. The van der Waals surface area contributed by atoms with E-state index in [2.05, 4.69) is 34.2 Å². The highest BCUT2D eigenvalue weighted by atomic mass is 32.1. The summed E-state index contributed by atoms with van der Waals surface area (Å²) in [6.45, 7) is 7.55. The van der Waals surface area contributed by atoms with Crippen LogP contribution in [0.2, 0.25) is 0 Å². The normalized spacial score (nSPS) is 10.4. The number of hydrogen-bond acceptors (Lipinski definition) is 4. The van der Waals surface area contributed by atoms with Crippen LogP contribution in [0.4, 0.5) is 5.82 Å². The number of aryl methyl sites for hydroxylation is 1. The van der Waals surface area contributed by atoms with Crippen LogP contribution in [-0.2, 0) is 6.54 Å². The monoisotopic (exact) mass is 300 g/mol. The first-order valence-corrected chi connectivity index (χ1v) is 7.38. The highest BCUT2D eigenvalue weighted by Crippen LogP contribution is 2.23. The summed E-state index contributed by atoms with van der Waals surface area (Å²) < 4.78 is 0. The molecule has 5 heteroatoms. The molecule has 2 aromatic rings. The number of benzene rings is 1. The minimum Gasteiger partial charge on any atom is -0.389 e. The number of nitrogens with zero attached hydrogens (tertiary/aromatic N) is 3. The second kappa shape index (κ2) is 6.63. The van der Waals surface area contributed by atoms with Crippen molar-refractivity contribution >= 4 is 23.0 Å². The van der Waals surface area contributed by atoms with Gasteiger partial charge in [0.1, 0.15) is 4.99 Å². The predicted octanol–water partition coefficient (Wildman–Crippen LogP) is 2.75. The molecule has 0 radical (unpaired) electrons. The average Bonchev–Trinajstić information content (AvgIpc) is 2.48. The van der Waals surface area contributed by atoms with Crippen LogP contribution in [-0.4, -0.2) is 21.7 Å². The lowest BCUT2D eigenvalue weighted by atomic mass is 10.1. The van der Waals surface area contributed by atoms with Crippen LogP contribution in [0, 0.1) is 13.8 Å². The van der Waals surface area contributed by atoms with Gasteiger partial charge in [0.2, 0.25) is 0 Å². The summed E-state index contributed by atoms with van der Waals surface area (Å²) >= 11 is 5.21. The number of rotatable bonds is 5. The van der Waals surface area contributed by atoms with E-state index in [1.807, 2.05) is 32.0 Å². The lowest BCUT2D eigenvalue weighted by Crippen LogP contribution is -2.28. The van der Waals surface area contributed by atoms with E-state index in [9.17, 15) is 0 Å². The molecule has 0 unspecified atom stereocenters. The molecule has 0 amide bonds. The van der Waals surface area contributed by atoms with Crippen molar-refractivity contribution in [3.05, 3.63) is 52.7 Å². The summed E-state index contributed by atoms with van der Waals surface area (Å²) in [6.07, 6.45) is 0. The van der Waals surface area contributed by atoms with E-state index in [1.165, 1.54) is 5.56 Å². The molecule has 1 aromatic carbocycles. The van der Waals surface area contributed by atoms with Gasteiger partial charge in [-0.3, -0.25) is 0 Å². The quantitative estimate of drug-likeness (QED) is 0.861. The van der Waals surface area contributed by atoms with Gasteiger partial charge in [-0.1, -0.05) is 42.5 Å². The van der Waals surface area contributed by atoms with Crippen molar-refractivity contribution in [3.8, 4) is 0 Å². The topological polar surface area (TPSA) is 55.0 Å². The Hall–Kier alpha value is -2.01. The lowest BCUT2D eigenvalue weighted by molar-refractivity contribution is 0.787. The molecule has 0 saturated carbocycles. The standard InChI is InChI=1S/C16H20N4S/c1-4-20(10-13-8-6-5-7-9-13)16-14(15(17)21)11(2)12(3)18-19-16/h5-9H,4,10H2,1-3H3,(H2,17,21). The van der Waals surface area contributed by atoms with Gasteiger partial charge in [-0.05, 0) is 31.9 Å². The molecular formula is C16H20N4S. The van der Waals surface area contributed by atoms with Gasteiger partial charge < -0.3 is 10.6 Å². The van der Waals surface area contributed by atoms with Gasteiger partial charge in [0.25, 0.3) is 0 Å². The van der Waals surface area contributed by atoms with Crippen molar-refractivity contribution in [1.82, 2.24) is 10.2 Å². The molecule has 21 heavy (non-hydrogen) atoms. The fraction of sp³-hybridized carbons (Fsp3) is 0.312. The van der Waals surface area contributed by atoms with E-state index in [1.54, 1.807) is 0 Å². The van der Waals surface area contributed by atoms with Crippen LogP contribution in [0.25, 0.3) is 0 Å². The van der Waals surface area contributed by atoms with E-state index in [4.69, 9.17) is 18.0 Å². The first kappa shape index (κ1) is 15.4. The van der Waals surface area contributed by atoms with E-state index in [0.29, 0.717) is 4.99 Å². The zero-order valence-corrected chi connectivity index (χ0v) is 13.4. The van der Waals surface area contributed by atoms with E-state index in [0.717, 1.165) is 35.7 Å². The fourth-order valence-electron chi connectivity index (χ4n) is 2.25. The van der Waals surface area contributed by atoms with E-state index in [-0.39, 0.29) is 0 Å². The van der Waals surface area contributed by atoms with Crippen molar-refractivity contribution in [2.75, 3.05) is 11.4 Å². The summed E-state index contributed by atoms with van der Waals surface area (Å²) in [5.41, 5.74) is 9.81. The molecule has 1 heterocycles. The Balaban J connectivity index is 2.43. The Labute approximate surface area is 131 Å². The van der Waals surface area contributed by atoms with Crippen LogP contribution >= 0.6 is 12.2 Å². The average molecular weight is 300 g/mol. The van der Waals surface area contributed by atoms with E-state index < -0.39 is 0 Å². The van der Waals surface area contributed by atoms with Crippen molar-refractivity contribution in [2.45, 2.75) is 27.3 Å². The first-order chi connectivity index (χ1) is 10.0. The predicted molar refractivity (Wildman–Crippen MR) is 90.6 cm³/mol. The molecular weight excluding hydrogens is 280 g/mol. The maximum Gasteiger partial charge on any atom is 0.162 e. The Bertz CT molecular complexity index is 640. The smallest absolute Gasteiger partial charge is 0.162 e. The second-order valence-corrected chi connectivity index (χ2v) is 5.41. The summed E-state index contributed by atoms with van der Waals surface area (Å²) in [5, 5.41) is 8.56. The van der Waals surface area contributed by atoms with Gasteiger partial charge in [-0.25, -0.2) is 0 Å². The summed E-state index contributed by atoms with van der Waals surface area (Å²) in [5.74, 6) is 0.761. The SMILES string of the molecule is CCN(Cc1ccccc1)c1nnc(C)c(C)c1C(N)=S. The van der Waals surface area contributed by atoms with Crippen molar-refractivity contribution in [3.63, 3.8) is 0 Å². The fourth-order valence-corrected chi connectivity index (χ4v) is 2.50. The third-order valence-corrected chi connectivity index (χ3v) is 3.78. The Morgan fingerprint density at radius 3 is 2.43 bits per heavy atom. The largest absolute Gasteiger partial charge is 0.389 e. The summed E-state index contributed by atoms with van der Waals surface area (Å²) in [4.78, 5) is 2.51. The molecule has 110 valence electrons. The van der Waals surface area contributed by atoms with E-state index >= 15 is 0 Å². The highest BCUT2D eigenvalue weighted by Gasteiger charge is 2.18. The van der Waals surface area contributed by atoms with Crippen molar-refractivity contribution in [2.24, 2.45) is 5.73 Å². The van der Waals surface area contributed by atoms with Crippen LogP contribution in [0.1, 0.15) is 29.3 Å². The molecule has 0 saturated heterocycles. The molecule has 0 aliphatic carbocycles. The third kappa shape index (κ3) is 3.36. The minimum absolute atomic E-state index is 0.368. The van der Waals surface area contributed by atoms with Gasteiger partial charge in [0, 0.05) is 13.1 Å². The zero-order valence-electron chi connectivity index (χ0n) is 12.6. The molecule has 0 atom stereocenters. The number of hydrogen-bond donors (Lipinski definition) is 1. The van der Waals surface area contributed by atoms with Crippen LogP contribution in [0.15, 0.2) is 30.3 Å². The first-order valence-electron chi connectivity index (χ1n) is 6.97. The number of aromatic nitrogens is 2. The zero-order chi connectivity index (χ0) is 15.4. The molecule has 0 fully saturated rings. The number of anilines is 1. The molecule has 1 aromatic heterocycles. The van der Waals surface area contributed by atoms with Gasteiger partial charge in [0.15, 0.2) is 5.82 Å². The van der Waals surface area contributed by atoms with Crippen LogP contribution in [0.3, 0.4) is 0 Å². The van der Waals surface area contributed by atoms with Crippen molar-refractivity contribution < 1.29 is 0 Å². The van der Waals surface area contributed by atoms with Gasteiger partial charge in [-0.15, -0.1) is 5.10 Å². The molecule has 2 N–H and O–H groups in total. The molecule has 0 aliphatic heterocycles. The number of nitrogens with two attached hydrogens (primary N) is 1. The Morgan fingerprint density at radius 1 is 1.19 bits per heavy atom. The molecule has 2 rings (SSSR count). The van der Waals surface area contributed by atoms with Crippen LogP contribution in [0.5, 0.6) is 0 Å². The maximum absolute atomic E-state index is 5.91. The molecule has 0 aliphatic rings. The number of thiocarbonyl (C=S) groups is 1. The molecule has 0 spiro atoms.